The minimum Gasteiger partial charge on any atom is -0.494 e. The molecule has 116 valence electrons. The third kappa shape index (κ3) is 4.92. The molecule has 1 aliphatic rings. The van der Waals surface area contributed by atoms with Crippen LogP contribution in [0.25, 0.3) is 0 Å². The lowest BCUT2D eigenvalue weighted by Crippen LogP contribution is -2.42. The highest BCUT2D eigenvalue weighted by Gasteiger charge is 2.24. The van der Waals surface area contributed by atoms with Gasteiger partial charge in [-0.25, -0.2) is 0 Å². The van der Waals surface area contributed by atoms with Crippen molar-refractivity contribution in [3.05, 3.63) is 29.8 Å². The van der Waals surface area contributed by atoms with Gasteiger partial charge in [-0.2, -0.15) is 0 Å². The molecule has 1 saturated carbocycles. The molecule has 0 bridgehead atoms. The van der Waals surface area contributed by atoms with Gasteiger partial charge in [-0.15, -0.1) is 11.6 Å². The van der Waals surface area contributed by atoms with E-state index in [1.807, 2.05) is 24.3 Å². The summed E-state index contributed by atoms with van der Waals surface area (Å²) in [5, 5.41) is 3.10. The molecular weight excluding hydrogens is 286 g/mol. The van der Waals surface area contributed by atoms with Crippen LogP contribution in [-0.2, 0) is 0 Å². The second kappa shape index (κ2) is 8.28. The summed E-state index contributed by atoms with van der Waals surface area (Å²) in [5.74, 6) is 0.764. The third-order valence-corrected chi connectivity index (χ3v) is 4.40. The van der Waals surface area contributed by atoms with Gasteiger partial charge in [-0.3, -0.25) is 4.79 Å². The Hall–Kier alpha value is -1.22. The minimum atomic E-state index is -0.0485. The minimum absolute atomic E-state index is 0.0485. The van der Waals surface area contributed by atoms with Gasteiger partial charge < -0.3 is 10.1 Å². The van der Waals surface area contributed by atoms with Crippen molar-refractivity contribution < 1.29 is 9.53 Å². The molecule has 2 unspecified atom stereocenters. The van der Waals surface area contributed by atoms with Gasteiger partial charge >= 0.3 is 0 Å². The third-order valence-electron chi connectivity index (χ3n) is 3.88. The molecule has 1 fully saturated rings. The Labute approximate surface area is 132 Å². The fraction of sp³-hybridized carbons (Fsp3) is 0.588. The maximum atomic E-state index is 12.2. The average Bonchev–Trinajstić information content (AvgIpc) is 2.50. The first-order chi connectivity index (χ1) is 10.2. The Bertz CT molecular complexity index is 447. The number of nitrogens with one attached hydrogen (secondary N) is 1. The van der Waals surface area contributed by atoms with E-state index in [2.05, 4.69) is 12.2 Å². The van der Waals surface area contributed by atoms with E-state index in [1.54, 1.807) is 0 Å². The summed E-state index contributed by atoms with van der Waals surface area (Å²) in [6.45, 7) is 2.85. The number of carbonyl (C=O) groups is 1. The van der Waals surface area contributed by atoms with Gasteiger partial charge in [0, 0.05) is 11.6 Å². The lowest BCUT2D eigenvalue weighted by Gasteiger charge is -2.27. The SMILES string of the molecule is CCCCOc1ccc(C(=O)NC2CCCCC2Cl)cc1. The molecule has 2 rings (SSSR count). The second-order valence-electron chi connectivity index (χ2n) is 5.61. The van der Waals surface area contributed by atoms with E-state index in [0.29, 0.717) is 5.56 Å². The van der Waals surface area contributed by atoms with E-state index < -0.39 is 0 Å². The number of carbonyl (C=O) groups excluding carboxylic acids is 1. The van der Waals surface area contributed by atoms with Crippen LogP contribution in [0.2, 0.25) is 0 Å². The summed E-state index contributed by atoms with van der Waals surface area (Å²) in [6.07, 6.45) is 6.40. The smallest absolute Gasteiger partial charge is 0.251 e. The number of ether oxygens (including phenoxy) is 1. The number of benzene rings is 1. The Morgan fingerprint density at radius 2 is 2.00 bits per heavy atom. The van der Waals surface area contributed by atoms with E-state index in [-0.39, 0.29) is 17.3 Å². The van der Waals surface area contributed by atoms with Crippen LogP contribution in [0, 0.1) is 0 Å². The van der Waals surface area contributed by atoms with E-state index in [1.165, 1.54) is 0 Å². The number of amides is 1. The Morgan fingerprint density at radius 1 is 1.29 bits per heavy atom. The van der Waals surface area contributed by atoms with E-state index >= 15 is 0 Å². The molecule has 1 N–H and O–H groups in total. The molecule has 0 heterocycles. The molecule has 1 amide bonds. The Kier molecular flexibility index (Phi) is 6.37. The standard InChI is InChI=1S/C17H24ClNO2/c1-2-3-12-21-14-10-8-13(9-11-14)17(20)19-16-7-5-4-6-15(16)18/h8-11,15-16H,2-7,12H2,1H3,(H,19,20). The second-order valence-corrected chi connectivity index (χ2v) is 6.17. The lowest BCUT2D eigenvalue weighted by atomic mass is 9.94. The zero-order valence-electron chi connectivity index (χ0n) is 12.6. The van der Waals surface area contributed by atoms with Gasteiger partial charge in [0.1, 0.15) is 5.75 Å². The van der Waals surface area contributed by atoms with Crippen LogP contribution in [0.1, 0.15) is 55.8 Å². The van der Waals surface area contributed by atoms with Crippen molar-refractivity contribution in [2.45, 2.75) is 56.9 Å². The summed E-state index contributed by atoms with van der Waals surface area (Å²) < 4.78 is 5.60. The summed E-state index contributed by atoms with van der Waals surface area (Å²) in [5.41, 5.74) is 0.660. The molecule has 0 spiro atoms. The van der Waals surface area contributed by atoms with Gasteiger partial charge in [0.25, 0.3) is 5.91 Å². The molecule has 1 aromatic rings. The van der Waals surface area contributed by atoms with Crippen molar-refractivity contribution in [2.24, 2.45) is 0 Å². The number of hydrogen-bond acceptors (Lipinski definition) is 2. The molecule has 4 heteroatoms. The van der Waals surface area contributed by atoms with Gasteiger partial charge in [0.2, 0.25) is 0 Å². The molecule has 0 radical (unpaired) electrons. The molecule has 1 aliphatic carbocycles. The van der Waals surface area contributed by atoms with Gasteiger partial charge in [-0.05, 0) is 43.5 Å². The molecular formula is C17H24ClNO2. The highest BCUT2D eigenvalue weighted by molar-refractivity contribution is 6.21. The Morgan fingerprint density at radius 3 is 2.67 bits per heavy atom. The van der Waals surface area contributed by atoms with Crippen molar-refractivity contribution in [3.63, 3.8) is 0 Å². The maximum Gasteiger partial charge on any atom is 0.251 e. The highest BCUT2D eigenvalue weighted by Crippen LogP contribution is 2.23. The number of hydrogen-bond donors (Lipinski definition) is 1. The predicted octanol–water partition coefficient (Wildman–Crippen LogP) is 4.15. The van der Waals surface area contributed by atoms with Gasteiger partial charge in [0.05, 0.1) is 12.0 Å². The number of alkyl halides is 1. The average molecular weight is 310 g/mol. The van der Waals surface area contributed by atoms with Crippen molar-refractivity contribution in [1.82, 2.24) is 5.32 Å². The molecule has 3 nitrogen and oxygen atoms in total. The zero-order chi connectivity index (χ0) is 15.1. The normalized spacial score (nSPS) is 21.8. The first-order valence-corrected chi connectivity index (χ1v) is 8.32. The number of halogens is 1. The molecule has 0 aliphatic heterocycles. The number of unbranched alkanes of at least 4 members (excludes halogenated alkanes) is 1. The summed E-state index contributed by atoms with van der Waals surface area (Å²) in [6, 6.07) is 7.41. The van der Waals surface area contributed by atoms with Crippen molar-refractivity contribution >= 4 is 17.5 Å². The van der Waals surface area contributed by atoms with Crippen LogP contribution in [0.4, 0.5) is 0 Å². The fourth-order valence-corrected chi connectivity index (χ4v) is 2.88. The fourth-order valence-electron chi connectivity index (χ4n) is 2.54. The van der Waals surface area contributed by atoms with Gasteiger partial charge in [-0.1, -0.05) is 26.2 Å². The summed E-state index contributed by atoms with van der Waals surface area (Å²) in [4.78, 5) is 12.2. The molecule has 2 atom stereocenters. The van der Waals surface area contributed by atoms with Crippen LogP contribution in [0.3, 0.4) is 0 Å². The van der Waals surface area contributed by atoms with Crippen LogP contribution < -0.4 is 10.1 Å². The highest BCUT2D eigenvalue weighted by atomic mass is 35.5. The quantitative estimate of drug-likeness (QED) is 0.633. The largest absolute Gasteiger partial charge is 0.494 e. The first kappa shape index (κ1) is 16.2. The van der Waals surface area contributed by atoms with Crippen LogP contribution in [0.15, 0.2) is 24.3 Å². The van der Waals surface area contributed by atoms with Crippen LogP contribution in [0.5, 0.6) is 5.75 Å². The van der Waals surface area contributed by atoms with Crippen molar-refractivity contribution in [3.8, 4) is 5.75 Å². The number of rotatable bonds is 6. The van der Waals surface area contributed by atoms with E-state index in [0.717, 1.165) is 50.9 Å². The summed E-state index contributed by atoms with van der Waals surface area (Å²) in [7, 11) is 0. The van der Waals surface area contributed by atoms with Crippen molar-refractivity contribution in [1.29, 1.82) is 0 Å². The van der Waals surface area contributed by atoms with Crippen LogP contribution in [-0.4, -0.2) is 23.9 Å². The molecule has 0 saturated heterocycles. The molecule has 0 aromatic heterocycles. The van der Waals surface area contributed by atoms with E-state index in [4.69, 9.17) is 16.3 Å². The van der Waals surface area contributed by atoms with E-state index in [9.17, 15) is 4.79 Å². The van der Waals surface area contributed by atoms with Crippen molar-refractivity contribution in [2.75, 3.05) is 6.61 Å². The topological polar surface area (TPSA) is 38.3 Å². The lowest BCUT2D eigenvalue weighted by molar-refractivity contribution is 0.0928. The summed E-state index contributed by atoms with van der Waals surface area (Å²) >= 11 is 6.28. The maximum absolute atomic E-state index is 12.2. The van der Waals surface area contributed by atoms with Gasteiger partial charge in [0.15, 0.2) is 0 Å². The predicted molar refractivity (Wildman–Crippen MR) is 86.2 cm³/mol. The van der Waals surface area contributed by atoms with Crippen LogP contribution >= 0.6 is 11.6 Å². The molecule has 21 heavy (non-hydrogen) atoms. The zero-order valence-corrected chi connectivity index (χ0v) is 13.4. The molecule has 1 aromatic carbocycles. The first-order valence-electron chi connectivity index (χ1n) is 7.88. The Balaban J connectivity index is 1.87. The monoisotopic (exact) mass is 309 g/mol.